The maximum Gasteiger partial charge on any atom is 0.418 e. The zero-order valence-electron chi connectivity index (χ0n) is 18.1. The van der Waals surface area contributed by atoms with Crippen LogP contribution in [0, 0.1) is 17.7 Å². The molecule has 0 spiro atoms. The van der Waals surface area contributed by atoms with Crippen LogP contribution in [-0.2, 0) is 17.5 Å². The van der Waals surface area contributed by atoms with E-state index in [1.54, 1.807) is 11.9 Å². The first kappa shape index (κ1) is 23.8. The highest BCUT2D eigenvalue weighted by Gasteiger charge is 2.38. The summed E-state index contributed by atoms with van der Waals surface area (Å²) in [6.45, 7) is 2.69. The SMILES string of the molecule is CC1CN(c2cc(F)ccc2C(F)(F)F)CC1CN(C)c1nnc(-c2nnn(CC(=O)O)n2)s1. The molecule has 182 valence electrons. The Balaban J connectivity index is 1.45. The van der Waals surface area contributed by atoms with Gasteiger partial charge in [-0.15, -0.1) is 20.4 Å². The van der Waals surface area contributed by atoms with Crippen molar-refractivity contribution < 1.29 is 27.5 Å². The summed E-state index contributed by atoms with van der Waals surface area (Å²) >= 11 is 1.18. The van der Waals surface area contributed by atoms with Crippen molar-refractivity contribution in [3.63, 3.8) is 0 Å². The second-order valence-electron chi connectivity index (χ2n) is 8.11. The molecule has 2 atom stereocenters. The fourth-order valence-corrected chi connectivity index (χ4v) is 4.62. The first-order valence-electron chi connectivity index (χ1n) is 10.2. The van der Waals surface area contributed by atoms with Crippen molar-refractivity contribution in [3.8, 4) is 10.8 Å². The molecule has 0 aliphatic carbocycles. The van der Waals surface area contributed by atoms with Gasteiger partial charge in [-0.05, 0) is 35.2 Å². The number of carboxylic acids is 1. The number of hydrogen-bond acceptors (Lipinski definition) is 9. The Morgan fingerprint density at radius 3 is 2.74 bits per heavy atom. The molecule has 0 radical (unpaired) electrons. The van der Waals surface area contributed by atoms with E-state index >= 15 is 0 Å². The van der Waals surface area contributed by atoms with E-state index in [4.69, 9.17) is 5.11 Å². The Bertz CT molecular complexity index is 1180. The van der Waals surface area contributed by atoms with Gasteiger partial charge in [0.2, 0.25) is 11.0 Å². The third-order valence-corrected chi connectivity index (χ3v) is 6.58. The van der Waals surface area contributed by atoms with Crippen molar-refractivity contribution in [3.05, 3.63) is 29.6 Å². The van der Waals surface area contributed by atoms with E-state index in [1.165, 1.54) is 11.3 Å². The number of tetrazole rings is 1. The molecule has 1 N–H and O–H groups in total. The number of aliphatic carboxylic acids is 1. The lowest BCUT2D eigenvalue weighted by Gasteiger charge is -2.24. The minimum absolute atomic E-state index is 0.00346. The van der Waals surface area contributed by atoms with Crippen LogP contribution in [0.2, 0.25) is 0 Å². The van der Waals surface area contributed by atoms with Gasteiger partial charge < -0.3 is 14.9 Å². The highest BCUT2D eigenvalue weighted by Crippen LogP contribution is 2.40. The second-order valence-corrected chi connectivity index (χ2v) is 9.07. The van der Waals surface area contributed by atoms with E-state index in [1.807, 2.05) is 11.8 Å². The van der Waals surface area contributed by atoms with Gasteiger partial charge in [-0.2, -0.15) is 18.0 Å². The molecule has 2 aromatic heterocycles. The largest absolute Gasteiger partial charge is 0.480 e. The number of halogens is 4. The quantitative estimate of drug-likeness (QED) is 0.489. The van der Waals surface area contributed by atoms with Crippen LogP contribution in [0.4, 0.5) is 28.4 Å². The van der Waals surface area contributed by atoms with Crippen LogP contribution < -0.4 is 9.80 Å². The summed E-state index contributed by atoms with van der Waals surface area (Å²) < 4.78 is 54.1. The molecule has 3 aromatic rings. The van der Waals surface area contributed by atoms with Crippen molar-refractivity contribution in [2.24, 2.45) is 11.8 Å². The van der Waals surface area contributed by atoms with E-state index in [9.17, 15) is 22.4 Å². The van der Waals surface area contributed by atoms with Gasteiger partial charge in [0.05, 0.1) is 11.3 Å². The van der Waals surface area contributed by atoms with Crippen molar-refractivity contribution in [2.45, 2.75) is 19.6 Å². The van der Waals surface area contributed by atoms with Crippen LogP contribution in [0.5, 0.6) is 0 Å². The molecule has 1 saturated heterocycles. The van der Waals surface area contributed by atoms with Gasteiger partial charge in [0.1, 0.15) is 5.82 Å². The topological polar surface area (TPSA) is 113 Å². The molecule has 4 rings (SSSR count). The van der Waals surface area contributed by atoms with E-state index < -0.39 is 30.1 Å². The Morgan fingerprint density at radius 2 is 2.03 bits per heavy atom. The van der Waals surface area contributed by atoms with Crippen LogP contribution in [-0.4, -0.2) is 68.2 Å². The normalized spacial score (nSPS) is 18.5. The standard InChI is InChI=1S/C19H20F4N8O2S/c1-10-6-30(14-5-12(20)3-4-13(14)19(21,22)23)8-11(10)7-29(2)18-26-25-17(34-18)16-24-28-31(27-16)9-15(32)33/h3-5,10-11H,6-9H2,1-2H3,(H,32,33). The average Bonchev–Trinajstić information content (AvgIpc) is 3.47. The Kier molecular flexibility index (Phi) is 6.38. The third-order valence-electron chi connectivity index (χ3n) is 5.54. The van der Waals surface area contributed by atoms with Gasteiger partial charge in [-0.1, -0.05) is 18.3 Å². The molecule has 3 heterocycles. The monoisotopic (exact) mass is 500 g/mol. The lowest BCUT2D eigenvalue weighted by atomic mass is 9.98. The molecule has 2 unspecified atom stereocenters. The number of anilines is 2. The van der Waals surface area contributed by atoms with Gasteiger partial charge in [0.15, 0.2) is 11.6 Å². The van der Waals surface area contributed by atoms with E-state index in [0.29, 0.717) is 29.8 Å². The van der Waals surface area contributed by atoms with Crippen LogP contribution in [0.3, 0.4) is 0 Å². The molecule has 34 heavy (non-hydrogen) atoms. The van der Waals surface area contributed by atoms with Gasteiger partial charge >= 0.3 is 12.1 Å². The number of carboxylic acid groups (broad SMARTS) is 1. The van der Waals surface area contributed by atoms with Crippen molar-refractivity contribution in [1.82, 2.24) is 30.4 Å². The molecule has 1 aliphatic heterocycles. The van der Waals surface area contributed by atoms with Crippen molar-refractivity contribution in [1.29, 1.82) is 0 Å². The molecule has 0 amide bonds. The number of aromatic nitrogens is 6. The first-order valence-corrected chi connectivity index (χ1v) is 11.0. The number of alkyl halides is 3. The first-order chi connectivity index (χ1) is 16.0. The van der Waals surface area contributed by atoms with Crippen LogP contribution in [0.1, 0.15) is 12.5 Å². The predicted octanol–water partition coefficient (Wildman–Crippen LogP) is 2.64. The Morgan fingerprint density at radius 1 is 1.26 bits per heavy atom. The van der Waals surface area contributed by atoms with E-state index in [-0.39, 0.29) is 23.3 Å². The lowest BCUT2D eigenvalue weighted by molar-refractivity contribution is -0.138. The zero-order valence-corrected chi connectivity index (χ0v) is 18.9. The molecular formula is C19H20F4N8O2S. The van der Waals surface area contributed by atoms with Crippen molar-refractivity contribution >= 4 is 28.1 Å². The predicted molar refractivity (Wildman–Crippen MR) is 114 cm³/mol. The summed E-state index contributed by atoms with van der Waals surface area (Å²) in [4.78, 5) is 15.1. The highest BCUT2D eigenvalue weighted by atomic mass is 32.1. The van der Waals surface area contributed by atoms with Crippen LogP contribution >= 0.6 is 11.3 Å². The van der Waals surface area contributed by atoms with Crippen LogP contribution in [0.15, 0.2) is 18.2 Å². The van der Waals surface area contributed by atoms with E-state index in [0.717, 1.165) is 23.0 Å². The summed E-state index contributed by atoms with van der Waals surface area (Å²) in [7, 11) is 1.79. The number of benzene rings is 1. The highest BCUT2D eigenvalue weighted by molar-refractivity contribution is 7.18. The third kappa shape index (κ3) is 5.08. The van der Waals surface area contributed by atoms with Gasteiger partial charge in [0.25, 0.3) is 0 Å². The number of hydrogen-bond donors (Lipinski definition) is 1. The summed E-state index contributed by atoms with van der Waals surface area (Å²) in [5.41, 5.74) is -1.01. The molecule has 0 bridgehead atoms. The maximum atomic E-state index is 13.8. The van der Waals surface area contributed by atoms with Crippen molar-refractivity contribution in [2.75, 3.05) is 36.5 Å². The minimum Gasteiger partial charge on any atom is -0.480 e. The lowest BCUT2D eigenvalue weighted by Crippen LogP contribution is -2.30. The zero-order chi connectivity index (χ0) is 24.6. The van der Waals surface area contributed by atoms with Gasteiger partial charge in [0, 0.05) is 26.7 Å². The molecular weight excluding hydrogens is 480 g/mol. The summed E-state index contributed by atoms with van der Waals surface area (Å²) in [5, 5.41) is 29.2. The fraction of sp³-hybridized carbons (Fsp3) is 0.474. The number of nitrogens with zero attached hydrogens (tertiary/aromatic N) is 8. The Labute approximate surface area is 194 Å². The summed E-state index contributed by atoms with van der Waals surface area (Å²) in [6.07, 6.45) is -4.58. The average molecular weight is 500 g/mol. The van der Waals surface area contributed by atoms with Gasteiger partial charge in [-0.3, -0.25) is 4.79 Å². The molecule has 0 saturated carbocycles. The fourth-order valence-electron chi connectivity index (χ4n) is 3.88. The molecule has 10 nitrogen and oxygen atoms in total. The molecule has 1 fully saturated rings. The molecule has 1 aliphatic rings. The molecule has 1 aromatic carbocycles. The van der Waals surface area contributed by atoms with E-state index in [2.05, 4.69) is 25.6 Å². The summed E-state index contributed by atoms with van der Waals surface area (Å²) in [5.74, 6) is -1.63. The molecule has 15 heteroatoms. The summed E-state index contributed by atoms with van der Waals surface area (Å²) in [6, 6.07) is 2.53. The van der Waals surface area contributed by atoms with Crippen LogP contribution in [0.25, 0.3) is 10.8 Å². The second kappa shape index (κ2) is 9.12. The Hall–Kier alpha value is -3.36. The van der Waals surface area contributed by atoms with Gasteiger partial charge in [-0.25, -0.2) is 4.39 Å². The smallest absolute Gasteiger partial charge is 0.418 e. The maximum absolute atomic E-state index is 13.8. The number of carbonyl (C=O) groups is 1. The number of rotatable bonds is 7. The minimum atomic E-state index is -4.58.